The van der Waals surface area contributed by atoms with Gasteiger partial charge in [0.15, 0.2) is 12.1 Å². The summed E-state index contributed by atoms with van der Waals surface area (Å²) < 4.78 is 52.5. The number of nitrogens with two attached hydrogens (primary N) is 1. The van der Waals surface area contributed by atoms with Gasteiger partial charge in [-0.2, -0.15) is 5.10 Å². The Morgan fingerprint density at radius 2 is 1.46 bits per heavy atom. The number of hydrazone groups is 1. The minimum absolute atomic E-state index is 0.0122. The molecule has 3 aliphatic rings. The van der Waals surface area contributed by atoms with Crippen LogP contribution in [0.3, 0.4) is 0 Å². The molecular weight excluding hydrogens is 1200 g/mol. The van der Waals surface area contributed by atoms with Gasteiger partial charge in [0.1, 0.15) is 22.8 Å². The van der Waals surface area contributed by atoms with E-state index in [4.69, 9.17) is 48.4 Å². The molecule has 0 spiro atoms. The van der Waals surface area contributed by atoms with Gasteiger partial charge >= 0.3 is 0 Å². The first kappa shape index (κ1) is 59.2. The van der Waals surface area contributed by atoms with Crippen LogP contribution in [0.5, 0.6) is 17.2 Å². The number of aliphatic hydroxyl groups is 3. The molecule has 74 heavy (non-hydrogen) atoms. The predicted molar refractivity (Wildman–Crippen MR) is 281 cm³/mol. The lowest BCUT2D eigenvalue weighted by Gasteiger charge is -2.43. The first-order valence-corrected chi connectivity index (χ1v) is 26.2. The van der Waals surface area contributed by atoms with Crippen LogP contribution in [0, 0.1) is 14.1 Å². The lowest BCUT2D eigenvalue weighted by molar-refractivity contribution is -0.245. The highest BCUT2D eigenvalue weighted by atomic mass is 127. The van der Waals surface area contributed by atoms with Crippen molar-refractivity contribution in [3.8, 4) is 17.2 Å². The molecule has 1 aliphatic heterocycles. The molecule has 6 atom stereocenters. The summed E-state index contributed by atoms with van der Waals surface area (Å²) in [4.78, 5) is 53.3. The van der Waals surface area contributed by atoms with Crippen molar-refractivity contribution in [2.45, 2.75) is 75.8 Å². The smallest absolute Gasteiger partial charge is 0.252 e. The zero-order valence-electron chi connectivity index (χ0n) is 41.3. The lowest BCUT2D eigenvalue weighted by Crippen LogP contribution is -2.53. The van der Waals surface area contributed by atoms with E-state index in [1.54, 1.807) is 6.92 Å². The SMILES string of the molecule is COc1cccc2c1C(=O)c1c(O)c3c(c(O)c1C2=O)C[C@](O)(/C(CO)=N\NC(=O)CCOCCOCCOCCOCCOCCOCCNC(=O)c1cc(I)cc(C)c1I)C[C@@H]3O[C@H]1C[C@@H](N)[C@H](O)C(C)O1. The molecule has 3 aromatic carbocycles. The van der Waals surface area contributed by atoms with E-state index in [0.29, 0.717) is 71.6 Å². The number of phenolic OH excluding ortho intramolecular Hbond substituents is 2. The van der Waals surface area contributed by atoms with E-state index in [1.807, 2.05) is 19.1 Å². The van der Waals surface area contributed by atoms with Gasteiger partial charge in [0.05, 0.1) is 146 Å². The number of halogens is 2. The molecule has 0 saturated carbocycles. The fourth-order valence-corrected chi connectivity index (χ4v) is 10.0. The molecule has 22 nitrogen and oxygen atoms in total. The van der Waals surface area contributed by atoms with E-state index in [-0.39, 0.29) is 72.3 Å². The van der Waals surface area contributed by atoms with Crippen molar-refractivity contribution in [3.63, 3.8) is 0 Å². The number of hydrogen-bond donors (Lipinski definition) is 8. The van der Waals surface area contributed by atoms with Crippen LogP contribution in [0.1, 0.15) is 91.2 Å². The van der Waals surface area contributed by atoms with Gasteiger partial charge in [-0.1, -0.05) is 12.1 Å². The normalized spacial score (nSPS) is 21.5. The van der Waals surface area contributed by atoms with Gasteiger partial charge < -0.3 is 79.2 Å². The molecule has 1 fully saturated rings. The Morgan fingerprint density at radius 3 is 2.05 bits per heavy atom. The quantitative estimate of drug-likeness (QED) is 0.0133. The standard InChI is InChI=1S/C50H64I2N4O18/c1-27-21-29(51)22-31(43(27)52)49(64)54-8-10-68-12-14-70-16-18-72-20-19-71-17-15-69-13-11-67-9-7-37(58)56-55-36(26-57)50(65)24-32-40(35(25-50)74-38-23-33(53)44(59)28(2)73-38)48(63)42-41(46(32)61)45(60)30-5-4-6-34(66-3)39(30)47(42)62/h4-6,21-22,28,33,35,38,44,57,59,61,63,65H,7-20,23-26,53H2,1-3H3,(H,54,64)(H,56,58)/b55-36-/t28?,33-,35+,38+,44-,50-/m1/s1. The molecule has 1 saturated heterocycles. The Bertz CT molecular complexity index is 2490. The second kappa shape index (κ2) is 28.4. The van der Waals surface area contributed by atoms with Crippen LogP contribution < -0.4 is 21.2 Å². The van der Waals surface area contributed by atoms with Gasteiger partial charge in [0.25, 0.3) is 5.91 Å². The highest BCUT2D eigenvalue weighted by molar-refractivity contribution is 14.1. The lowest BCUT2D eigenvalue weighted by atomic mass is 9.71. The number of aliphatic hydroxyl groups excluding tert-OH is 2. The van der Waals surface area contributed by atoms with E-state index < -0.39 is 95.8 Å². The Hall–Kier alpha value is -4.01. The summed E-state index contributed by atoms with van der Waals surface area (Å²) in [5, 5.41) is 63.8. The van der Waals surface area contributed by atoms with Crippen molar-refractivity contribution in [2.24, 2.45) is 10.8 Å². The van der Waals surface area contributed by atoms with Gasteiger partial charge in [-0.25, -0.2) is 5.43 Å². The van der Waals surface area contributed by atoms with E-state index in [0.717, 1.165) is 12.7 Å². The number of ketones is 2. The second-order valence-corrected chi connectivity index (χ2v) is 19.9. The number of benzene rings is 3. The summed E-state index contributed by atoms with van der Waals surface area (Å²) in [6.07, 6.45) is -5.49. The molecule has 406 valence electrons. The number of fused-ring (bicyclic) bond motifs is 3. The maximum absolute atomic E-state index is 14.0. The molecule has 1 heterocycles. The number of aryl methyl sites for hydroxylation is 1. The number of methoxy groups -OCH3 is 1. The molecular formula is C50H64I2N4O18. The minimum Gasteiger partial charge on any atom is -0.507 e. The number of phenols is 2. The highest BCUT2D eigenvalue weighted by Gasteiger charge is 2.49. The van der Waals surface area contributed by atoms with Crippen molar-refractivity contribution < 1.29 is 87.3 Å². The number of nitrogens with zero attached hydrogens (tertiary/aromatic N) is 1. The van der Waals surface area contributed by atoms with Gasteiger partial charge in [-0.3, -0.25) is 19.2 Å². The molecule has 9 N–H and O–H groups in total. The third-order valence-corrected chi connectivity index (χ3v) is 14.5. The summed E-state index contributed by atoms with van der Waals surface area (Å²) in [6.45, 7) is 6.79. The predicted octanol–water partition coefficient (Wildman–Crippen LogP) is 2.34. The number of aromatic hydroxyl groups is 2. The molecule has 1 unspecified atom stereocenters. The Labute approximate surface area is 455 Å². The zero-order valence-corrected chi connectivity index (χ0v) is 45.6. The summed E-state index contributed by atoms with van der Waals surface area (Å²) in [7, 11) is 1.32. The van der Waals surface area contributed by atoms with Crippen LogP contribution >= 0.6 is 45.2 Å². The van der Waals surface area contributed by atoms with Gasteiger partial charge in [0, 0.05) is 55.7 Å². The van der Waals surface area contributed by atoms with Crippen LogP contribution in [0.25, 0.3) is 0 Å². The average Bonchev–Trinajstić information content (AvgIpc) is 3.37. The van der Waals surface area contributed by atoms with Crippen LogP contribution in [0.15, 0.2) is 35.4 Å². The zero-order chi connectivity index (χ0) is 53.5. The summed E-state index contributed by atoms with van der Waals surface area (Å²) >= 11 is 4.38. The summed E-state index contributed by atoms with van der Waals surface area (Å²) in [5.41, 5.74) is 6.18. The molecule has 2 amide bonds. The summed E-state index contributed by atoms with van der Waals surface area (Å²) in [6, 6.07) is 7.48. The Morgan fingerprint density at radius 1 is 0.865 bits per heavy atom. The number of carbonyl (C=O) groups excluding carboxylic acids is 4. The van der Waals surface area contributed by atoms with Crippen LogP contribution in [-0.4, -0.2) is 184 Å². The monoisotopic (exact) mass is 1260 g/mol. The van der Waals surface area contributed by atoms with Crippen LogP contribution in [-0.2, 0) is 49.1 Å². The third kappa shape index (κ3) is 14.9. The van der Waals surface area contributed by atoms with Crippen molar-refractivity contribution in [2.75, 3.05) is 99.5 Å². The van der Waals surface area contributed by atoms with Crippen molar-refractivity contribution >= 4 is 74.3 Å². The fraction of sp³-hybridized carbons (Fsp3) is 0.540. The van der Waals surface area contributed by atoms with E-state index in [2.05, 4.69) is 61.0 Å². The van der Waals surface area contributed by atoms with Crippen molar-refractivity contribution in [3.05, 3.63) is 82.0 Å². The topological polar surface area (TPSA) is 315 Å². The molecule has 6 rings (SSSR count). The average molecular weight is 1260 g/mol. The maximum atomic E-state index is 14.0. The first-order valence-electron chi connectivity index (χ1n) is 24.0. The molecule has 0 aromatic heterocycles. The minimum atomic E-state index is -2.18. The molecule has 2 aliphatic carbocycles. The Balaban J connectivity index is 0.884. The molecule has 0 bridgehead atoms. The molecule has 24 heteroatoms. The maximum Gasteiger partial charge on any atom is 0.252 e. The largest absolute Gasteiger partial charge is 0.507 e. The Kier molecular flexibility index (Phi) is 22.7. The van der Waals surface area contributed by atoms with Crippen molar-refractivity contribution in [1.29, 1.82) is 0 Å². The van der Waals surface area contributed by atoms with Gasteiger partial charge in [0.2, 0.25) is 11.7 Å². The van der Waals surface area contributed by atoms with Gasteiger partial charge in [-0.05, 0) is 82.8 Å². The number of rotatable bonds is 28. The van der Waals surface area contributed by atoms with Crippen LogP contribution in [0.2, 0.25) is 0 Å². The van der Waals surface area contributed by atoms with E-state index >= 15 is 0 Å². The number of nitrogens with one attached hydrogen (secondary N) is 2. The number of amides is 2. The van der Waals surface area contributed by atoms with E-state index in [9.17, 15) is 44.7 Å². The molecule has 0 radical (unpaired) electrons. The highest BCUT2D eigenvalue weighted by Crippen LogP contribution is 2.52. The van der Waals surface area contributed by atoms with Crippen molar-refractivity contribution in [1.82, 2.24) is 10.7 Å². The first-order chi connectivity index (χ1) is 35.5. The summed E-state index contributed by atoms with van der Waals surface area (Å²) in [5.74, 6) is -3.66. The fourth-order valence-electron chi connectivity index (χ4n) is 8.67. The van der Waals surface area contributed by atoms with Crippen LogP contribution in [0.4, 0.5) is 0 Å². The number of hydrogen-bond acceptors (Lipinski definition) is 20. The number of carbonyl (C=O) groups is 4. The van der Waals surface area contributed by atoms with Gasteiger partial charge in [-0.15, -0.1) is 0 Å². The second-order valence-electron chi connectivity index (χ2n) is 17.6. The van der Waals surface area contributed by atoms with E-state index in [1.165, 1.54) is 25.3 Å². The molecule has 3 aromatic rings. The number of ether oxygens (including phenoxy) is 9. The third-order valence-electron chi connectivity index (χ3n) is 12.5.